The number of pyridine rings is 1. The average molecular weight is 285 g/mol. The Kier molecular flexibility index (Phi) is 4.01. The van der Waals surface area contributed by atoms with Crippen molar-refractivity contribution in [3.05, 3.63) is 28.7 Å². The van der Waals surface area contributed by atoms with Gasteiger partial charge in [0.05, 0.1) is 4.90 Å². The van der Waals surface area contributed by atoms with Crippen molar-refractivity contribution < 1.29 is 13.2 Å². The van der Waals surface area contributed by atoms with Crippen LogP contribution in [0.2, 0.25) is 0 Å². The lowest BCUT2D eigenvalue weighted by molar-refractivity contribution is -0.122. The van der Waals surface area contributed by atoms with E-state index < -0.39 is 16.1 Å². The molecule has 7 nitrogen and oxygen atoms in total. The summed E-state index contributed by atoms with van der Waals surface area (Å²) in [7, 11) is -3.81. The molecule has 3 N–H and O–H groups in total. The molecule has 0 saturated carbocycles. The van der Waals surface area contributed by atoms with E-state index in [4.69, 9.17) is 0 Å². The van der Waals surface area contributed by atoms with Gasteiger partial charge in [0.2, 0.25) is 21.5 Å². The fourth-order valence-electron chi connectivity index (χ4n) is 1.87. The summed E-state index contributed by atoms with van der Waals surface area (Å²) in [6.07, 6.45) is 3.19. The number of nitrogens with one attached hydrogen (secondary N) is 3. The molecule has 1 fully saturated rings. The molecule has 1 atom stereocenters. The predicted octanol–water partition coefficient (Wildman–Crippen LogP) is -0.678. The summed E-state index contributed by atoms with van der Waals surface area (Å²) >= 11 is 0. The molecule has 8 heteroatoms. The quantitative estimate of drug-likeness (QED) is 0.684. The minimum atomic E-state index is -3.81. The van der Waals surface area contributed by atoms with Gasteiger partial charge in [-0.1, -0.05) is 0 Å². The van der Waals surface area contributed by atoms with Crippen molar-refractivity contribution in [2.45, 2.75) is 30.2 Å². The van der Waals surface area contributed by atoms with Crippen LogP contribution in [0, 0.1) is 0 Å². The Morgan fingerprint density at radius 1 is 1.21 bits per heavy atom. The molecule has 1 unspecified atom stereocenters. The lowest BCUT2D eigenvalue weighted by Gasteiger charge is -2.15. The average Bonchev–Trinajstić information content (AvgIpc) is 2.55. The van der Waals surface area contributed by atoms with Crippen LogP contribution in [0.25, 0.3) is 0 Å². The van der Waals surface area contributed by atoms with E-state index in [1.165, 1.54) is 6.07 Å². The first kappa shape index (κ1) is 13.8. The van der Waals surface area contributed by atoms with E-state index in [0.717, 1.165) is 25.1 Å². The largest absolute Gasteiger partial charge is 0.355 e. The third-order valence-corrected chi connectivity index (χ3v) is 4.37. The topological polar surface area (TPSA) is 108 Å². The summed E-state index contributed by atoms with van der Waals surface area (Å²) in [5.41, 5.74) is -0.383. The van der Waals surface area contributed by atoms with Crippen LogP contribution in [-0.4, -0.2) is 31.9 Å². The van der Waals surface area contributed by atoms with Gasteiger partial charge in [-0.05, 0) is 25.3 Å². The van der Waals surface area contributed by atoms with Crippen molar-refractivity contribution in [1.82, 2.24) is 15.0 Å². The molecule has 1 amide bonds. The highest BCUT2D eigenvalue weighted by molar-refractivity contribution is 7.89. The van der Waals surface area contributed by atoms with Crippen molar-refractivity contribution in [3.8, 4) is 0 Å². The molecule has 104 valence electrons. The molecular formula is C11H15N3O4S. The molecule has 1 aliphatic rings. The van der Waals surface area contributed by atoms with Gasteiger partial charge in [0, 0.05) is 18.8 Å². The number of H-pyrrole nitrogens is 1. The maximum absolute atomic E-state index is 12.1. The van der Waals surface area contributed by atoms with Gasteiger partial charge in [-0.2, -0.15) is 4.72 Å². The van der Waals surface area contributed by atoms with E-state index in [9.17, 15) is 18.0 Å². The number of aromatic nitrogens is 1. The first-order valence-corrected chi connectivity index (χ1v) is 7.46. The molecule has 2 rings (SSSR count). The normalized spacial score (nSPS) is 20.6. The van der Waals surface area contributed by atoms with Crippen LogP contribution in [0.3, 0.4) is 0 Å². The van der Waals surface area contributed by atoms with Gasteiger partial charge in [-0.15, -0.1) is 0 Å². The van der Waals surface area contributed by atoms with Crippen molar-refractivity contribution in [1.29, 1.82) is 0 Å². The fraction of sp³-hybridized carbons (Fsp3) is 0.455. The van der Waals surface area contributed by atoms with E-state index in [-0.39, 0.29) is 16.4 Å². The van der Waals surface area contributed by atoms with Crippen LogP contribution >= 0.6 is 0 Å². The molecule has 1 aliphatic heterocycles. The lowest BCUT2D eigenvalue weighted by atomic mass is 10.1. The number of hydrogen-bond donors (Lipinski definition) is 3. The Labute approximate surface area is 110 Å². The van der Waals surface area contributed by atoms with E-state index in [1.54, 1.807) is 0 Å². The summed E-state index contributed by atoms with van der Waals surface area (Å²) in [5.74, 6) is -0.314. The molecule has 0 aliphatic carbocycles. The van der Waals surface area contributed by atoms with Gasteiger partial charge < -0.3 is 10.3 Å². The second kappa shape index (κ2) is 5.54. The maximum atomic E-state index is 12.1. The SMILES string of the molecule is O=C1NCCCCC1NS(=O)(=O)c1ccc(=O)[nH]c1. The van der Waals surface area contributed by atoms with Crippen molar-refractivity contribution in [2.75, 3.05) is 6.54 Å². The molecule has 1 aromatic rings. The molecule has 0 aromatic carbocycles. The Hall–Kier alpha value is -1.67. The zero-order valence-corrected chi connectivity index (χ0v) is 11.0. The Balaban J connectivity index is 2.18. The van der Waals surface area contributed by atoms with Crippen LogP contribution in [0.15, 0.2) is 28.0 Å². The summed E-state index contributed by atoms with van der Waals surface area (Å²) < 4.78 is 26.5. The highest BCUT2D eigenvalue weighted by Crippen LogP contribution is 2.10. The summed E-state index contributed by atoms with van der Waals surface area (Å²) in [6.45, 7) is 0.565. The molecular weight excluding hydrogens is 270 g/mol. The summed E-state index contributed by atoms with van der Waals surface area (Å²) in [5, 5.41) is 2.65. The van der Waals surface area contributed by atoms with Gasteiger partial charge in [0.15, 0.2) is 0 Å². The Bertz CT molecular complexity index is 603. The van der Waals surface area contributed by atoms with E-state index in [1.807, 2.05) is 0 Å². The first-order chi connectivity index (χ1) is 8.99. The van der Waals surface area contributed by atoms with Crippen LogP contribution in [-0.2, 0) is 14.8 Å². The molecule has 19 heavy (non-hydrogen) atoms. The van der Waals surface area contributed by atoms with Gasteiger partial charge >= 0.3 is 0 Å². The molecule has 1 saturated heterocycles. The first-order valence-electron chi connectivity index (χ1n) is 5.98. The highest BCUT2D eigenvalue weighted by atomic mass is 32.2. The number of rotatable bonds is 3. The minimum Gasteiger partial charge on any atom is -0.355 e. The molecule has 1 aromatic heterocycles. The van der Waals surface area contributed by atoms with Gasteiger partial charge in [-0.3, -0.25) is 9.59 Å². The smallest absolute Gasteiger partial charge is 0.247 e. The van der Waals surface area contributed by atoms with E-state index >= 15 is 0 Å². The number of carbonyl (C=O) groups is 1. The monoisotopic (exact) mass is 285 g/mol. The van der Waals surface area contributed by atoms with Crippen molar-refractivity contribution in [2.24, 2.45) is 0 Å². The second-order valence-corrected chi connectivity index (χ2v) is 6.06. The van der Waals surface area contributed by atoms with Gasteiger partial charge in [0.1, 0.15) is 6.04 Å². The van der Waals surface area contributed by atoms with E-state index in [2.05, 4.69) is 15.0 Å². The third-order valence-electron chi connectivity index (χ3n) is 2.90. The lowest BCUT2D eigenvalue weighted by Crippen LogP contribution is -2.45. The molecule has 0 spiro atoms. The Morgan fingerprint density at radius 3 is 2.68 bits per heavy atom. The summed E-state index contributed by atoms with van der Waals surface area (Å²) in [6, 6.07) is 1.57. The van der Waals surface area contributed by atoms with Crippen LogP contribution in [0.4, 0.5) is 0 Å². The minimum absolute atomic E-state index is 0.0656. The molecule has 0 radical (unpaired) electrons. The second-order valence-electron chi connectivity index (χ2n) is 4.35. The Morgan fingerprint density at radius 2 is 2.00 bits per heavy atom. The highest BCUT2D eigenvalue weighted by Gasteiger charge is 2.26. The number of aromatic amines is 1. The zero-order chi connectivity index (χ0) is 13.9. The maximum Gasteiger partial charge on any atom is 0.247 e. The van der Waals surface area contributed by atoms with E-state index in [0.29, 0.717) is 13.0 Å². The van der Waals surface area contributed by atoms with Gasteiger partial charge in [-0.25, -0.2) is 8.42 Å². The van der Waals surface area contributed by atoms with Crippen molar-refractivity contribution >= 4 is 15.9 Å². The number of hydrogen-bond acceptors (Lipinski definition) is 4. The fourth-order valence-corrected chi connectivity index (χ4v) is 3.07. The van der Waals surface area contributed by atoms with Crippen LogP contribution in [0.1, 0.15) is 19.3 Å². The van der Waals surface area contributed by atoms with Gasteiger partial charge in [0.25, 0.3) is 0 Å². The number of sulfonamides is 1. The number of amides is 1. The van der Waals surface area contributed by atoms with Crippen LogP contribution < -0.4 is 15.6 Å². The van der Waals surface area contributed by atoms with Crippen molar-refractivity contribution in [3.63, 3.8) is 0 Å². The predicted molar refractivity (Wildman–Crippen MR) is 68.0 cm³/mol. The van der Waals surface area contributed by atoms with Crippen LogP contribution in [0.5, 0.6) is 0 Å². The molecule has 0 bridgehead atoms. The zero-order valence-electron chi connectivity index (χ0n) is 10.2. The molecule has 2 heterocycles. The third kappa shape index (κ3) is 3.42. The standard InChI is InChI=1S/C11H15N3O4S/c15-10-5-4-8(7-13-10)19(17,18)14-9-3-1-2-6-12-11(9)16/h4-5,7,9,14H,1-3,6H2,(H,12,16)(H,13,15). The number of carbonyl (C=O) groups excluding carboxylic acids is 1. The summed E-state index contributed by atoms with van der Waals surface area (Å²) in [4.78, 5) is 24.8.